The number of benzene rings is 1. The van der Waals surface area contributed by atoms with Crippen LogP contribution in [0.1, 0.15) is 11.4 Å². The molecule has 2 N–H and O–H groups in total. The summed E-state index contributed by atoms with van der Waals surface area (Å²) in [5.41, 5.74) is 1.18. The van der Waals surface area contributed by atoms with Gasteiger partial charge in [0.1, 0.15) is 5.82 Å². The fourth-order valence-electron chi connectivity index (χ4n) is 1.50. The van der Waals surface area contributed by atoms with Crippen molar-refractivity contribution in [2.75, 3.05) is 24.7 Å². The van der Waals surface area contributed by atoms with E-state index in [1.54, 1.807) is 14.1 Å². The molecule has 0 aliphatic heterocycles. The van der Waals surface area contributed by atoms with Crippen LogP contribution >= 0.6 is 0 Å². The second-order valence-electron chi connectivity index (χ2n) is 3.56. The molecule has 0 aliphatic rings. The average Bonchev–Trinajstić information content (AvgIpc) is 2.39. The van der Waals surface area contributed by atoms with Crippen LogP contribution in [0.2, 0.25) is 0 Å². The Balaban J connectivity index is 2.26. The van der Waals surface area contributed by atoms with Crippen LogP contribution in [0.15, 0.2) is 30.3 Å². The SMILES string of the molecule is CNc1nc(Cc2ccccc2)nc(NC)n1. The lowest BCUT2D eigenvalue weighted by Gasteiger charge is -2.06. The number of nitrogens with zero attached hydrogens (tertiary/aromatic N) is 3. The highest BCUT2D eigenvalue weighted by Gasteiger charge is 2.04. The van der Waals surface area contributed by atoms with E-state index in [-0.39, 0.29) is 0 Å². The topological polar surface area (TPSA) is 62.7 Å². The highest BCUT2D eigenvalue weighted by Crippen LogP contribution is 2.09. The van der Waals surface area contributed by atoms with E-state index in [4.69, 9.17) is 0 Å². The van der Waals surface area contributed by atoms with Crippen molar-refractivity contribution in [3.05, 3.63) is 41.7 Å². The molecule has 0 saturated carbocycles. The standard InChI is InChI=1S/C12H15N5/c1-13-11-15-10(16-12(14-2)17-11)8-9-6-4-3-5-7-9/h3-7H,8H2,1-2H3,(H2,13,14,15,16,17). The molecule has 1 aromatic heterocycles. The van der Waals surface area contributed by atoms with Crippen LogP contribution in [0.3, 0.4) is 0 Å². The molecule has 5 nitrogen and oxygen atoms in total. The van der Waals surface area contributed by atoms with Crippen LogP contribution in [-0.2, 0) is 6.42 Å². The van der Waals surface area contributed by atoms with Crippen molar-refractivity contribution < 1.29 is 0 Å². The van der Waals surface area contributed by atoms with Crippen molar-refractivity contribution in [3.8, 4) is 0 Å². The van der Waals surface area contributed by atoms with Crippen LogP contribution in [0, 0.1) is 0 Å². The van der Waals surface area contributed by atoms with E-state index in [1.165, 1.54) is 5.56 Å². The summed E-state index contributed by atoms with van der Waals surface area (Å²) in [5, 5.41) is 5.85. The quantitative estimate of drug-likeness (QED) is 0.832. The molecule has 0 bridgehead atoms. The fraction of sp³-hybridized carbons (Fsp3) is 0.250. The number of hydrogen-bond acceptors (Lipinski definition) is 5. The number of rotatable bonds is 4. The van der Waals surface area contributed by atoms with Gasteiger partial charge in [-0.25, -0.2) is 0 Å². The van der Waals surface area contributed by atoms with Crippen LogP contribution < -0.4 is 10.6 Å². The van der Waals surface area contributed by atoms with Gasteiger partial charge in [-0.1, -0.05) is 30.3 Å². The van der Waals surface area contributed by atoms with Gasteiger partial charge >= 0.3 is 0 Å². The van der Waals surface area contributed by atoms with Crippen molar-refractivity contribution in [2.45, 2.75) is 6.42 Å². The maximum absolute atomic E-state index is 4.32. The van der Waals surface area contributed by atoms with E-state index in [9.17, 15) is 0 Å². The summed E-state index contributed by atoms with van der Waals surface area (Å²) in [4.78, 5) is 12.8. The summed E-state index contributed by atoms with van der Waals surface area (Å²) in [5.74, 6) is 1.91. The fourth-order valence-corrected chi connectivity index (χ4v) is 1.50. The largest absolute Gasteiger partial charge is 0.357 e. The molecular formula is C12H15N5. The molecule has 0 spiro atoms. The highest BCUT2D eigenvalue weighted by molar-refractivity contribution is 5.34. The second-order valence-corrected chi connectivity index (χ2v) is 3.56. The molecule has 1 aromatic carbocycles. The Morgan fingerprint density at radius 2 is 1.47 bits per heavy atom. The lowest BCUT2D eigenvalue weighted by Crippen LogP contribution is -2.07. The maximum atomic E-state index is 4.32. The van der Waals surface area contributed by atoms with Gasteiger partial charge in [0.05, 0.1) is 0 Å². The van der Waals surface area contributed by atoms with Gasteiger partial charge in [0.15, 0.2) is 0 Å². The Morgan fingerprint density at radius 1 is 0.882 bits per heavy atom. The van der Waals surface area contributed by atoms with Crippen LogP contribution in [0.5, 0.6) is 0 Å². The molecule has 17 heavy (non-hydrogen) atoms. The Bertz CT molecular complexity index is 461. The molecule has 2 rings (SSSR count). The normalized spacial score (nSPS) is 10.0. The zero-order chi connectivity index (χ0) is 12.1. The van der Waals surface area contributed by atoms with Gasteiger partial charge < -0.3 is 10.6 Å². The number of anilines is 2. The molecule has 88 valence electrons. The second kappa shape index (κ2) is 5.25. The first-order chi connectivity index (χ1) is 8.31. The summed E-state index contributed by atoms with van der Waals surface area (Å²) in [6.45, 7) is 0. The lowest BCUT2D eigenvalue weighted by atomic mass is 10.1. The van der Waals surface area contributed by atoms with E-state index < -0.39 is 0 Å². The van der Waals surface area contributed by atoms with Crippen molar-refractivity contribution in [1.29, 1.82) is 0 Å². The Hall–Kier alpha value is -2.17. The van der Waals surface area contributed by atoms with Crippen molar-refractivity contribution in [3.63, 3.8) is 0 Å². The Labute approximate surface area is 100 Å². The third-order valence-corrected chi connectivity index (χ3v) is 2.33. The molecule has 0 saturated heterocycles. The molecule has 0 unspecified atom stereocenters. The summed E-state index contributed by atoms with van der Waals surface area (Å²) in [6.07, 6.45) is 0.701. The zero-order valence-electron chi connectivity index (χ0n) is 9.94. The van der Waals surface area contributed by atoms with Crippen molar-refractivity contribution in [2.24, 2.45) is 0 Å². The minimum absolute atomic E-state index is 0.579. The third kappa shape index (κ3) is 2.90. The lowest BCUT2D eigenvalue weighted by molar-refractivity contribution is 0.926. The molecule has 2 aromatic rings. The Morgan fingerprint density at radius 3 is 2.00 bits per heavy atom. The predicted octanol–water partition coefficient (Wildman–Crippen LogP) is 1.55. The molecule has 5 heteroatoms. The summed E-state index contributed by atoms with van der Waals surface area (Å²) in [6, 6.07) is 10.1. The molecule has 0 amide bonds. The zero-order valence-corrected chi connectivity index (χ0v) is 9.94. The average molecular weight is 229 g/mol. The van der Waals surface area contributed by atoms with Crippen LogP contribution in [0.25, 0.3) is 0 Å². The number of aromatic nitrogens is 3. The van der Waals surface area contributed by atoms with Gasteiger partial charge in [-0.3, -0.25) is 0 Å². The summed E-state index contributed by atoms with van der Waals surface area (Å²) >= 11 is 0. The molecule has 0 radical (unpaired) electrons. The maximum Gasteiger partial charge on any atom is 0.227 e. The number of nitrogens with one attached hydrogen (secondary N) is 2. The number of hydrogen-bond donors (Lipinski definition) is 2. The summed E-state index contributed by atoms with van der Waals surface area (Å²) < 4.78 is 0. The van der Waals surface area contributed by atoms with Crippen molar-refractivity contribution >= 4 is 11.9 Å². The molecule has 0 aliphatic carbocycles. The van der Waals surface area contributed by atoms with Gasteiger partial charge in [-0.05, 0) is 5.56 Å². The van der Waals surface area contributed by atoms with Gasteiger partial charge in [0.25, 0.3) is 0 Å². The van der Waals surface area contributed by atoms with Gasteiger partial charge in [0, 0.05) is 20.5 Å². The summed E-state index contributed by atoms with van der Waals surface area (Å²) in [7, 11) is 3.59. The third-order valence-electron chi connectivity index (χ3n) is 2.33. The first-order valence-electron chi connectivity index (χ1n) is 5.46. The monoisotopic (exact) mass is 229 g/mol. The van der Waals surface area contributed by atoms with E-state index in [0.717, 1.165) is 5.82 Å². The van der Waals surface area contributed by atoms with Gasteiger partial charge in [0.2, 0.25) is 11.9 Å². The van der Waals surface area contributed by atoms with Gasteiger partial charge in [-0.15, -0.1) is 0 Å². The first kappa shape index (κ1) is 11.3. The van der Waals surface area contributed by atoms with Gasteiger partial charge in [-0.2, -0.15) is 15.0 Å². The van der Waals surface area contributed by atoms with E-state index in [0.29, 0.717) is 18.3 Å². The van der Waals surface area contributed by atoms with Crippen LogP contribution in [-0.4, -0.2) is 29.0 Å². The molecule has 0 atom stereocenters. The van der Waals surface area contributed by atoms with E-state index in [2.05, 4.69) is 37.7 Å². The minimum Gasteiger partial charge on any atom is -0.357 e. The highest BCUT2D eigenvalue weighted by atomic mass is 15.2. The Kier molecular flexibility index (Phi) is 3.49. The molecule has 0 fully saturated rings. The molecular weight excluding hydrogens is 214 g/mol. The minimum atomic E-state index is 0.579. The first-order valence-corrected chi connectivity index (χ1v) is 5.46. The van der Waals surface area contributed by atoms with Crippen LogP contribution in [0.4, 0.5) is 11.9 Å². The van der Waals surface area contributed by atoms with Crippen molar-refractivity contribution in [1.82, 2.24) is 15.0 Å². The smallest absolute Gasteiger partial charge is 0.227 e. The molecule has 1 heterocycles. The van der Waals surface area contributed by atoms with E-state index in [1.807, 2.05) is 18.2 Å². The predicted molar refractivity (Wildman–Crippen MR) is 68.2 cm³/mol. The van der Waals surface area contributed by atoms with E-state index >= 15 is 0 Å².